The zero-order chi connectivity index (χ0) is 27.0. The third-order valence-electron chi connectivity index (χ3n) is 6.50. The van der Waals surface area contributed by atoms with Crippen molar-refractivity contribution in [1.29, 1.82) is 0 Å². The first-order valence-electron chi connectivity index (χ1n) is 12.7. The molecular formula is C27H35F2N9. The number of allylic oxidation sites excluding steroid dienone is 1. The quantitative estimate of drug-likeness (QED) is 0.310. The van der Waals surface area contributed by atoms with Gasteiger partial charge in [-0.05, 0) is 44.6 Å². The van der Waals surface area contributed by atoms with Crippen molar-refractivity contribution < 1.29 is 8.78 Å². The first-order chi connectivity index (χ1) is 18.4. The molecule has 11 heteroatoms. The van der Waals surface area contributed by atoms with Gasteiger partial charge in [0.1, 0.15) is 17.8 Å². The molecule has 2 aromatic heterocycles. The van der Waals surface area contributed by atoms with Crippen LogP contribution in [-0.4, -0.2) is 92.1 Å². The number of hydrogen-bond acceptors (Lipinski definition) is 8. The van der Waals surface area contributed by atoms with Crippen molar-refractivity contribution in [2.75, 3.05) is 63.6 Å². The zero-order valence-corrected chi connectivity index (χ0v) is 21.9. The molecule has 1 aliphatic rings. The molecule has 1 fully saturated rings. The van der Waals surface area contributed by atoms with Crippen LogP contribution in [0, 0.1) is 0 Å². The zero-order valence-electron chi connectivity index (χ0n) is 21.9. The number of benzene rings is 1. The number of fused-ring (bicyclic) bond motifs is 1. The maximum atomic E-state index is 13.6. The lowest BCUT2D eigenvalue weighted by atomic mass is 10.1. The monoisotopic (exact) mass is 523 g/mol. The van der Waals surface area contributed by atoms with E-state index in [1.165, 1.54) is 6.33 Å². The van der Waals surface area contributed by atoms with E-state index in [1.54, 1.807) is 12.4 Å². The molecule has 0 atom stereocenters. The van der Waals surface area contributed by atoms with E-state index in [4.69, 9.17) is 0 Å². The summed E-state index contributed by atoms with van der Waals surface area (Å²) in [6.07, 6.45) is 4.54. The van der Waals surface area contributed by atoms with Crippen molar-refractivity contribution in [3.63, 3.8) is 0 Å². The van der Waals surface area contributed by atoms with E-state index in [0.717, 1.165) is 47.7 Å². The smallest absolute Gasteiger partial charge is 0.251 e. The van der Waals surface area contributed by atoms with Crippen LogP contribution in [0.2, 0.25) is 0 Å². The molecule has 202 valence electrons. The lowest BCUT2D eigenvalue weighted by Gasteiger charge is -2.32. The number of halogens is 2. The van der Waals surface area contributed by atoms with Gasteiger partial charge in [0.15, 0.2) is 0 Å². The maximum absolute atomic E-state index is 13.6. The Morgan fingerprint density at radius 1 is 1.21 bits per heavy atom. The Morgan fingerprint density at radius 2 is 1.97 bits per heavy atom. The van der Waals surface area contributed by atoms with Crippen LogP contribution in [0.15, 0.2) is 58.5 Å². The molecule has 0 amide bonds. The Balaban J connectivity index is 1.42. The number of anilines is 2. The molecule has 3 heterocycles. The number of piperidine rings is 1. The molecule has 0 bridgehead atoms. The number of nitrogens with zero attached hydrogens (tertiary/aromatic N) is 6. The molecule has 1 saturated heterocycles. The Hall–Kier alpha value is -3.70. The fourth-order valence-electron chi connectivity index (χ4n) is 4.28. The second-order valence-electron chi connectivity index (χ2n) is 9.40. The first kappa shape index (κ1) is 27.3. The summed E-state index contributed by atoms with van der Waals surface area (Å²) in [5.41, 5.74) is 4.15. The number of alkyl halides is 2. The summed E-state index contributed by atoms with van der Waals surface area (Å²) >= 11 is 0. The van der Waals surface area contributed by atoms with Crippen molar-refractivity contribution in [3.8, 4) is 11.3 Å². The normalized spacial score (nSPS) is 16.0. The highest BCUT2D eigenvalue weighted by atomic mass is 19.3. The number of nitrogens with one attached hydrogen (secondary N) is 3. The highest BCUT2D eigenvalue weighted by Crippen LogP contribution is 2.34. The van der Waals surface area contributed by atoms with Gasteiger partial charge < -0.3 is 25.4 Å². The molecular weight excluding hydrogens is 488 g/mol. The number of aromatic nitrogens is 3. The number of likely N-dealkylation sites (N-methyl/N-ethyl adjacent to an activating group) is 2. The van der Waals surface area contributed by atoms with Gasteiger partial charge in [-0.25, -0.2) is 18.7 Å². The maximum Gasteiger partial charge on any atom is 0.251 e. The lowest BCUT2D eigenvalue weighted by molar-refractivity contribution is -0.0221. The highest BCUT2D eigenvalue weighted by Gasteiger charge is 2.35. The van der Waals surface area contributed by atoms with Gasteiger partial charge in [-0.2, -0.15) is 0 Å². The number of hydrogen-bond donors (Lipinski definition) is 3. The Morgan fingerprint density at radius 3 is 2.68 bits per heavy atom. The van der Waals surface area contributed by atoms with E-state index >= 15 is 0 Å². The first-order valence-corrected chi connectivity index (χ1v) is 12.7. The Labute approximate surface area is 221 Å². The summed E-state index contributed by atoms with van der Waals surface area (Å²) in [4.78, 5) is 24.6. The summed E-state index contributed by atoms with van der Waals surface area (Å²) < 4.78 is 27.3. The molecule has 38 heavy (non-hydrogen) atoms. The van der Waals surface area contributed by atoms with Crippen LogP contribution in [0.25, 0.3) is 22.3 Å². The third kappa shape index (κ3) is 7.20. The van der Waals surface area contributed by atoms with Crippen LogP contribution in [0.5, 0.6) is 0 Å². The molecule has 0 aliphatic carbocycles. The number of aliphatic imine (C=N–C) groups is 2. The minimum absolute atomic E-state index is 0.166. The molecule has 4 rings (SSSR count). The fraction of sp³-hybridized carbons (Fsp3) is 0.407. The summed E-state index contributed by atoms with van der Waals surface area (Å²) in [6, 6.07) is 9.91. The minimum Gasteiger partial charge on any atom is -0.356 e. The molecule has 0 spiro atoms. The van der Waals surface area contributed by atoms with Gasteiger partial charge in [-0.15, -0.1) is 0 Å². The topological polar surface area (TPSA) is 96.8 Å². The van der Waals surface area contributed by atoms with E-state index in [9.17, 15) is 8.78 Å². The Bertz CT molecular complexity index is 1260. The third-order valence-corrected chi connectivity index (χ3v) is 6.50. The average Bonchev–Trinajstić information content (AvgIpc) is 3.35. The van der Waals surface area contributed by atoms with Crippen molar-refractivity contribution in [2.45, 2.75) is 18.8 Å². The van der Waals surface area contributed by atoms with Gasteiger partial charge in [0, 0.05) is 63.2 Å². The van der Waals surface area contributed by atoms with Gasteiger partial charge in [0.05, 0.1) is 23.8 Å². The summed E-state index contributed by atoms with van der Waals surface area (Å²) in [6.45, 7) is 7.55. The van der Waals surface area contributed by atoms with E-state index in [-0.39, 0.29) is 25.9 Å². The Kier molecular flexibility index (Phi) is 9.14. The van der Waals surface area contributed by atoms with Gasteiger partial charge in [-0.1, -0.05) is 12.1 Å². The van der Waals surface area contributed by atoms with Gasteiger partial charge in [0.2, 0.25) is 0 Å². The fourth-order valence-corrected chi connectivity index (χ4v) is 4.28. The standard InChI is InChI=1S/C27H35F2N9/c1-30-10-14-37(3)15-11-32-18-22(17-31-2)35-21-6-4-20(5-7-21)24-16-23-25(36-24)33-19-34-26(23)38-12-8-27(28,29)9-13-38/h4-7,16-19,30,35H,2,8-15H2,1,3H3,(H,33,34,36)/b22-17+,32-18?. The molecule has 0 unspecified atom stereocenters. The number of aromatic amines is 1. The predicted molar refractivity (Wildman–Crippen MR) is 152 cm³/mol. The average molecular weight is 524 g/mol. The van der Waals surface area contributed by atoms with Gasteiger partial charge in [0.25, 0.3) is 5.92 Å². The van der Waals surface area contributed by atoms with E-state index in [1.807, 2.05) is 42.3 Å². The highest BCUT2D eigenvalue weighted by molar-refractivity contribution is 5.92. The second-order valence-corrected chi connectivity index (χ2v) is 9.40. The predicted octanol–water partition coefficient (Wildman–Crippen LogP) is 4.04. The van der Waals surface area contributed by atoms with Crippen LogP contribution >= 0.6 is 0 Å². The second kappa shape index (κ2) is 12.7. The largest absolute Gasteiger partial charge is 0.356 e. The van der Waals surface area contributed by atoms with Gasteiger partial charge in [-0.3, -0.25) is 9.98 Å². The summed E-state index contributed by atoms with van der Waals surface area (Å²) in [7, 11) is 4.02. The van der Waals surface area contributed by atoms with Crippen molar-refractivity contribution >= 4 is 35.5 Å². The van der Waals surface area contributed by atoms with Crippen LogP contribution in [0.3, 0.4) is 0 Å². The SMILES string of the molecule is C=N/C=C(\C=NCCN(C)CCNC)Nc1ccc(-c2cc3c(N4CCC(F)(F)CC4)ncnc3[nH]2)cc1. The number of rotatable bonds is 12. The molecule has 3 aromatic rings. The van der Waals surface area contributed by atoms with E-state index < -0.39 is 5.92 Å². The minimum atomic E-state index is -2.60. The molecule has 0 saturated carbocycles. The van der Waals surface area contributed by atoms with Crippen molar-refractivity contribution in [2.24, 2.45) is 9.98 Å². The molecule has 0 radical (unpaired) electrons. The molecule has 1 aliphatic heterocycles. The lowest BCUT2D eigenvalue weighted by Crippen LogP contribution is -2.39. The molecule has 3 N–H and O–H groups in total. The van der Waals surface area contributed by atoms with Crippen LogP contribution in [-0.2, 0) is 0 Å². The van der Waals surface area contributed by atoms with Crippen molar-refractivity contribution in [1.82, 2.24) is 25.2 Å². The van der Waals surface area contributed by atoms with Crippen LogP contribution in [0.1, 0.15) is 12.8 Å². The van der Waals surface area contributed by atoms with E-state index in [0.29, 0.717) is 18.0 Å². The van der Waals surface area contributed by atoms with Crippen molar-refractivity contribution in [3.05, 3.63) is 48.6 Å². The molecule has 9 nitrogen and oxygen atoms in total. The molecule has 1 aromatic carbocycles. The van der Waals surface area contributed by atoms with Crippen LogP contribution < -0.4 is 15.5 Å². The number of H-pyrrole nitrogens is 1. The van der Waals surface area contributed by atoms with Gasteiger partial charge >= 0.3 is 0 Å². The van der Waals surface area contributed by atoms with Crippen LogP contribution in [0.4, 0.5) is 20.3 Å². The summed E-state index contributed by atoms with van der Waals surface area (Å²) in [5, 5.41) is 7.28. The summed E-state index contributed by atoms with van der Waals surface area (Å²) in [5.74, 6) is -1.92. The van der Waals surface area contributed by atoms with E-state index in [2.05, 4.69) is 54.2 Å².